The standard InChI is InChI=1S/C15H26O/c1-10-5-7-12(15(3,4)16)9-14-11(2)6-8-13(10)14/h11-12,14,16H,5-9H2,1-4H3/t11-,12-,14-/m0/s1. The van der Waals surface area contributed by atoms with Crippen LogP contribution in [0.3, 0.4) is 0 Å². The molecule has 1 saturated carbocycles. The molecule has 0 saturated heterocycles. The van der Waals surface area contributed by atoms with Gasteiger partial charge >= 0.3 is 0 Å². The average molecular weight is 222 g/mol. The van der Waals surface area contributed by atoms with Crippen molar-refractivity contribution in [3.8, 4) is 0 Å². The lowest BCUT2D eigenvalue weighted by molar-refractivity contribution is 0.00398. The number of hydrogen-bond donors (Lipinski definition) is 1. The van der Waals surface area contributed by atoms with Crippen LogP contribution in [0.2, 0.25) is 0 Å². The van der Waals surface area contributed by atoms with Gasteiger partial charge in [-0.15, -0.1) is 0 Å². The van der Waals surface area contributed by atoms with Crippen molar-refractivity contribution in [1.29, 1.82) is 0 Å². The summed E-state index contributed by atoms with van der Waals surface area (Å²) in [6.07, 6.45) is 6.25. The highest BCUT2D eigenvalue weighted by atomic mass is 16.3. The Hall–Kier alpha value is -0.300. The second kappa shape index (κ2) is 4.18. The highest BCUT2D eigenvalue weighted by Gasteiger charge is 2.37. The van der Waals surface area contributed by atoms with Crippen LogP contribution < -0.4 is 0 Å². The second-order valence-corrected chi connectivity index (χ2v) is 6.55. The molecule has 3 atom stereocenters. The van der Waals surface area contributed by atoms with E-state index < -0.39 is 5.60 Å². The maximum absolute atomic E-state index is 10.2. The minimum absolute atomic E-state index is 0.477. The summed E-state index contributed by atoms with van der Waals surface area (Å²) < 4.78 is 0. The van der Waals surface area contributed by atoms with Gasteiger partial charge in [0, 0.05) is 0 Å². The molecule has 0 unspecified atom stereocenters. The Kier molecular flexibility index (Phi) is 3.18. The smallest absolute Gasteiger partial charge is 0.0620 e. The fourth-order valence-corrected chi connectivity index (χ4v) is 3.63. The Morgan fingerprint density at radius 3 is 2.50 bits per heavy atom. The SMILES string of the molecule is CC1=C2CC[C@H](C)[C@@H]2C[C@@H](C(C)(C)O)CC1. The fourth-order valence-electron chi connectivity index (χ4n) is 3.63. The maximum atomic E-state index is 10.2. The van der Waals surface area contributed by atoms with Gasteiger partial charge in [-0.05, 0) is 70.6 Å². The van der Waals surface area contributed by atoms with E-state index in [4.69, 9.17) is 0 Å². The summed E-state index contributed by atoms with van der Waals surface area (Å²) in [5.74, 6) is 2.07. The number of fused-ring (bicyclic) bond motifs is 1. The lowest BCUT2D eigenvalue weighted by Gasteiger charge is -2.31. The van der Waals surface area contributed by atoms with Gasteiger partial charge in [-0.1, -0.05) is 18.1 Å². The Morgan fingerprint density at radius 2 is 1.88 bits per heavy atom. The second-order valence-electron chi connectivity index (χ2n) is 6.55. The topological polar surface area (TPSA) is 20.2 Å². The molecule has 0 aromatic heterocycles. The zero-order valence-corrected chi connectivity index (χ0v) is 11.2. The molecule has 1 N–H and O–H groups in total. The van der Waals surface area contributed by atoms with Crippen LogP contribution in [0.15, 0.2) is 11.1 Å². The van der Waals surface area contributed by atoms with Crippen LogP contribution in [0.5, 0.6) is 0 Å². The molecule has 2 aliphatic carbocycles. The summed E-state index contributed by atoms with van der Waals surface area (Å²) in [5.41, 5.74) is 2.86. The van der Waals surface area contributed by atoms with E-state index in [0.717, 1.165) is 11.8 Å². The summed E-state index contributed by atoms with van der Waals surface area (Å²) in [4.78, 5) is 0. The predicted octanol–water partition coefficient (Wildman–Crippen LogP) is 3.92. The first-order valence-corrected chi connectivity index (χ1v) is 6.80. The summed E-state index contributed by atoms with van der Waals surface area (Å²) in [7, 11) is 0. The van der Waals surface area contributed by atoms with E-state index in [-0.39, 0.29) is 0 Å². The largest absolute Gasteiger partial charge is 0.390 e. The van der Waals surface area contributed by atoms with Gasteiger partial charge in [-0.2, -0.15) is 0 Å². The zero-order chi connectivity index (χ0) is 11.9. The Labute approximate surface area is 99.9 Å². The molecular weight excluding hydrogens is 196 g/mol. The van der Waals surface area contributed by atoms with Crippen LogP contribution in [0, 0.1) is 17.8 Å². The number of rotatable bonds is 1. The van der Waals surface area contributed by atoms with Crippen molar-refractivity contribution in [3.05, 3.63) is 11.1 Å². The average Bonchev–Trinajstić information content (AvgIpc) is 2.42. The Bertz CT molecular complexity index is 295. The van der Waals surface area contributed by atoms with Crippen molar-refractivity contribution in [1.82, 2.24) is 0 Å². The molecule has 0 spiro atoms. The van der Waals surface area contributed by atoms with E-state index in [1.54, 1.807) is 11.1 Å². The van der Waals surface area contributed by atoms with E-state index in [0.29, 0.717) is 5.92 Å². The van der Waals surface area contributed by atoms with Crippen molar-refractivity contribution in [3.63, 3.8) is 0 Å². The van der Waals surface area contributed by atoms with E-state index in [1.807, 2.05) is 13.8 Å². The van der Waals surface area contributed by atoms with Gasteiger partial charge in [0.15, 0.2) is 0 Å². The monoisotopic (exact) mass is 222 g/mol. The van der Waals surface area contributed by atoms with Crippen molar-refractivity contribution >= 4 is 0 Å². The maximum Gasteiger partial charge on any atom is 0.0620 e. The minimum Gasteiger partial charge on any atom is -0.390 e. The molecule has 16 heavy (non-hydrogen) atoms. The molecular formula is C15H26O. The van der Waals surface area contributed by atoms with E-state index in [1.165, 1.54) is 32.1 Å². The first-order valence-electron chi connectivity index (χ1n) is 6.80. The molecule has 0 amide bonds. The van der Waals surface area contributed by atoms with Gasteiger partial charge < -0.3 is 5.11 Å². The van der Waals surface area contributed by atoms with E-state index >= 15 is 0 Å². The first-order chi connectivity index (χ1) is 7.39. The normalized spacial score (nSPS) is 36.2. The van der Waals surface area contributed by atoms with Crippen LogP contribution in [0.25, 0.3) is 0 Å². The zero-order valence-electron chi connectivity index (χ0n) is 11.2. The summed E-state index contributed by atoms with van der Waals surface area (Å²) in [6, 6.07) is 0. The van der Waals surface area contributed by atoms with Crippen LogP contribution in [0.4, 0.5) is 0 Å². The molecule has 1 heteroatoms. The van der Waals surface area contributed by atoms with Crippen LogP contribution >= 0.6 is 0 Å². The van der Waals surface area contributed by atoms with Crippen molar-refractivity contribution in [2.45, 2.75) is 65.4 Å². The van der Waals surface area contributed by atoms with Crippen LogP contribution in [-0.2, 0) is 0 Å². The van der Waals surface area contributed by atoms with Gasteiger partial charge in [0.25, 0.3) is 0 Å². The Balaban J connectivity index is 2.21. The molecule has 0 heterocycles. The fraction of sp³-hybridized carbons (Fsp3) is 0.867. The number of hydrogen-bond acceptors (Lipinski definition) is 1. The lowest BCUT2D eigenvalue weighted by atomic mass is 9.79. The molecule has 1 fully saturated rings. The molecule has 2 aliphatic rings. The van der Waals surface area contributed by atoms with Gasteiger partial charge in [0.2, 0.25) is 0 Å². The molecule has 0 aliphatic heterocycles. The molecule has 0 aromatic rings. The molecule has 1 nitrogen and oxygen atoms in total. The Morgan fingerprint density at radius 1 is 1.19 bits per heavy atom. The molecule has 92 valence electrons. The quantitative estimate of drug-likeness (QED) is 0.667. The van der Waals surface area contributed by atoms with Crippen LogP contribution in [-0.4, -0.2) is 10.7 Å². The van der Waals surface area contributed by atoms with Gasteiger partial charge in [0.05, 0.1) is 5.60 Å². The molecule has 0 aromatic carbocycles. The van der Waals surface area contributed by atoms with Crippen molar-refractivity contribution in [2.75, 3.05) is 0 Å². The minimum atomic E-state index is -0.502. The third-order valence-corrected chi connectivity index (χ3v) is 4.96. The third kappa shape index (κ3) is 2.20. The summed E-state index contributed by atoms with van der Waals surface area (Å²) in [5, 5.41) is 10.2. The lowest BCUT2D eigenvalue weighted by Crippen LogP contribution is -2.32. The molecule has 0 bridgehead atoms. The molecule has 2 rings (SSSR count). The first kappa shape index (κ1) is 12.2. The number of allylic oxidation sites excluding steroid dienone is 2. The van der Waals surface area contributed by atoms with Gasteiger partial charge in [0.1, 0.15) is 0 Å². The van der Waals surface area contributed by atoms with Crippen LogP contribution in [0.1, 0.15) is 59.8 Å². The van der Waals surface area contributed by atoms with Gasteiger partial charge in [-0.25, -0.2) is 0 Å². The third-order valence-electron chi connectivity index (χ3n) is 4.96. The van der Waals surface area contributed by atoms with Crippen molar-refractivity contribution < 1.29 is 5.11 Å². The summed E-state index contributed by atoms with van der Waals surface area (Å²) in [6.45, 7) is 8.67. The highest BCUT2D eigenvalue weighted by molar-refractivity contribution is 5.22. The van der Waals surface area contributed by atoms with Gasteiger partial charge in [-0.3, -0.25) is 0 Å². The summed E-state index contributed by atoms with van der Waals surface area (Å²) >= 11 is 0. The van der Waals surface area contributed by atoms with Crippen molar-refractivity contribution in [2.24, 2.45) is 17.8 Å². The molecule has 0 radical (unpaired) electrons. The predicted molar refractivity (Wildman–Crippen MR) is 68.2 cm³/mol. The van der Waals surface area contributed by atoms with E-state index in [2.05, 4.69) is 13.8 Å². The highest BCUT2D eigenvalue weighted by Crippen LogP contribution is 2.47. The van der Waals surface area contributed by atoms with E-state index in [9.17, 15) is 5.11 Å². The number of aliphatic hydroxyl groups is 1.